The van der Waals surface area contributed by atoms with Crippen LogP contribution in [0.1, 0.15) is 32.5 Å². The summed E-state index contributed by atoms with van der Waals surface area (Å²) >= 11 is 0. The summed E-state index contributed by atoms with van der Waals surface area (Å²) in [6.07, 6.45) is 1.49. The van der Waals surface area contributed by atoms with Crippen LogP contribution in [0.3, 0.4) is 0 Å². The predicted octanol–water partition coefficient (Wildman–Crippen LogP) is 1.12. The van der Waals surface area contributed by atoms with Gasteiger partial charge in [-0.25, -0.2) is 4.98 Å². The fourth-order valence-electron chi connectivity index (χ4n) is 2.34. The Morgan fingerprint density at radius 3 is 2.80 bits per heavy atom. The number of aliphatic carboxylic acids is 1. The number of aryl methyl sites for hydroxylation is 1. The first-order valence-electron chi connectivity index (χ1n) is 5.10. The summed E-state index contributed by atoms with van der Waals surface area (Å²) in [6, 6.07) is 0. The molecule has 1 aromatic heterocycles. The van der Waals surface area contributed by atoms with E-state index < -0.39 is 5.97 Å². The molecule has 15 heavy (non-hydrogen) atoms. The number of aromatic nitrogens is 3. The van der Waals surface area contributed by atoms with Crippen LogP contribution in [-0.2, 0) is 11.3 Å². The van der Waals surface area contributed by atoms with Gasteiger partial charge < -0.3 is 5.11 Å². The molecule has 1 aliphatic rings. The highest BCUT2D eigenvalue weighted by molar-refractivity contribution is 5.77. The van der Waals surface area contributed by atoms with E-state index in [1.165, 1.54) is 6.33 Å². The monoisotopic (exact) mass is 209 g/mol. The summed E-state index contributed by atoms with van der Waals surface area (Å²) in [7, 11) is 0. The molecule has 0 aliphatic heterocycles. The number of hydrogen-bond donors (Lipinski definition) is 1. The summed E-state index contributed by atoms with van der Waals surface area (Å²) < 4.78 is 1.77. The SMILES string of the molecule is CCn1ncnc1[C@@H]1[C@@H](C(=O)O)C1(C)C. The molecular formula is C10H15N3O2. The zero-order chi connectivity index (χ0) is 11.2. The molecule has 1 heterocycles. The third kappa shape index (κ3) is 1.33. The van der Waals surface area contributed by atoms with Crippen LogP contribution < -0.4 is 0 Å². The molecule has 82 valence electrons. The Balaban J connectivity index is 2.31. The van der Waals surface area contributed by atoms with Crippen LogP contribution >= 0.6 is 0 Å². The van der Waals surface area contributed by atoms with Gasteiger partial charge in [-0.05, 0) is 12.3 Å². The van der Waals surface area contributed by atoms with E-state index in [9.17, 15) is 4.79 Å². The molecule has 0 unspecified atom stereocenters. The second kappa shape index (κ2) is 3.05. The van der Waals surface area contributed by atoms with Gasteiger partial charge in [-0.3, -0.25) is 9.48 Å². The molecule has 0 spiro atoms. The molecule has 1 N–H and O–H groups in total. The van der Waals surface area contributed by atoms with Gasteiger partial charge in [0.25, 0.3) is 0 Å². The Labute approximate surface area is 88.1 Å². The highest BCUT2D eigenvalue weighted by atomic mass is 16.4. The minimum Gasteiger partial charge on any atom is -0.481 e. The van der Waals surface area contributed by atoms with Gasteiger partial charge in [-0.1, -0.05) is 13.8 Å². The van der Waals surface area contributed by atoms with Gasteiger partial charge in [0.15, 0.2) is 0 Å². The van der Waals surface area contributed by atoms with Gasteiger partial charge in [0, 0.05) is 12.5 Å². The molecule has 1 aliphatic carbocycles. The van der Waals surface area contributed by atoms with Gasteiger partial charge in [-0.15, -0.1) is 0 Å². The maximum atomic E-state index is 11.0. The Morgan fingerprint density at radius 2 is 2.33 bits per heavy atom. The van der Waals surface area contributed by atoms with Crippen molar-refractivity contribution in [3.8, 4) is 0 Å². The highest BCUT2D eigenvalue weighted by Gasteiger charge is 2.64. The predicted molar refractivity (Wildman–Crippen MR) is 53.3 cm³/mol. The van der Waals surface area contributed by atoms with Crippen molar-refractivity contribution < 1.29 is 9.90 Å². The van der Waals surface area contributed by atoms with E-state index in [4.69, 9.17) is 5.11 Å². The summed E-state index contributed by atoms with van der Waals surface area (Å²) in [5.74, 6) is -0.269. The van der Waals surface area contributed by atoms with Crippen molar-refractivity contribution in [2.45, 2.75) is 33.2 Å². The number of carbonyl (C=O) groups is 1. The lowest BCUT2D eigenvalue weighted by Gasteiger charge is -2.03. The van der Waals surface area contributed by atoms with E-state index in [1.54, 1.807) is 4.68 Å². The molecule has 1 aromatic rings. The van der Waals surface area contributed by atoms with Crippen LogP contribution in [0.4, 0.5) is 0 Å². The number of nitrogens with zero attached hydrogens (tertiary/aromatic N) is 3. The molecule has 2 atom stereocenters. The van der Waals surface area contributed by atoms with E-state index in [2.05, 4.69) is 10.1 Å². The van der Waals surface area contributed by atoms with E-state index in [1.807, 2.05) is 20.8 Å². The zero-order valence-corrected chi connectivity index (χ0v) is 9.14. The third-order valence-corrected chi connectivity index (χ3v) is 3.32. The molecule has 1 saturated carbocycles. The second-order valence-electron chi connectivity index (χ2n) is 4.55. The number of hydrogen-bond acceptors (Lipinski definition) is 3. The summed E-state index contributed by atoms with van der Waals surface area (Å²) in [5.41, 5.74) is -0.203. The molecule has 5 heteroatoms. The van der Waals surface area contributed by atoms with Crippen LogP contribution in [0.2, 0.25) is 0 Å². The van der Waals surface area contributed by atoms with Crippen molar-refractivity contribution in [3.63, 3.8) is 0 Å². The third-order valence-electron chi connectivity index (χ3n) is 3.32. The quantitative estimate of drug-likeness (QED) is 0.810. The van der Waals surface area contributed by atoms with Crippen molar-refractivity contribution in [2.24, 2.45) is 11.3 Å². The number of rotatable bonds is 3. The maximum Gasteiger partial charge on any atom is 0.307 e. The van der Waals surface area contributed by atoms with Crippen molar-refractivity contribution in [2.75, 3.05) is 0 Å². The Kier molecular flexibility index (Phi) is 2.06. The summed E-state index contributed by atoms with van der Waals surface area (Å²) in [4.78, 5) is 15.2. The van der Waals surface area contributed by atoms with Gasteiger partial charge >= 0.3 is 5.97 Å². The molecule has 5 nitrogen and oxygen atoms in total. The van der Waals surface area contributed by atoms with E-state index in [0.29, 0.717) is 0 Å². The normalized spacial score (nSPS) is 27.7. The molecule has 0 amide bonds. The molecule has 0 saturated heterocycles. The minimum atomic E-state index is -0.740. The second-order valence-corrected chi connectivity index (χ2v) is 4.55. The fraction of sp³-hybridized carbons (Fsp3) is 0.700. The van der Waals surface area contributed by atoms with E-state index in [-0.39, 0.29) is 17.3 Å². The Bertz CT molecular complexity index is 397. The zero-order valence-electron chi connectivity index (χ0n) is 9.14. The minimum absolute atomic E-state index is 0.00236. The first-order chi connectivity index (χ1) is 7.00. The Hall–Kier alpha value is -1.39. The van der Waals surface area contributed by atoms with Crippen LogP contribution in [-0.4, -0.2) is 25.8 Å². The number of carboxylic acid groups (broad SMARTS) is 1. The average molecular weight is 209 g/mol. The highest BCUT2D eigenvalue weighted by Crippen LogP contribution is 2.63. The first kappa shape index (κ1) is 10.1. The lowest BCUT2D eigenvalue weighted by molar-refractivity contribution is -0.139. The maximum absolute atomic E-state index is 11.0. The van der Waals surface area contributed by atoms with Crippen LogP contribution in [0.15, 0.2) is 6.33 Å². The average Bonchev–Trinajstić information content (AvgIpc) is 2.58. The van der Waals surface area contributed by atoms with Gasteiger partial charge in [0.2, 0.25) is 0 Å². The molecule has 0 bridgehead atoms. The van der Waals surface area contributed by atoms with Crippen LogP contribution in [0.25, 0.3) is 0 Å². The van der Waals surface area contributed by atoms with Crippen molar-refractivity contribution in [3.05, 3.63) is 12.2 Å². The first-order valence-corrected chi connectivity index (χ1v) is 5.10. The van der Waals surface area contributed by atoms with Gasteiger partial charge in [0.1, 0.15) is 12.2 Å². The van der Waals surface area contributed by atoms with E-state index in [0.717, 1.165) is 12.4 Å². The summed E-state index contributed by atoms with van der Waals surface area (Å²) in [6.45, 7) is 6.63. The molecular weight excluding hydrogens is 194 g/mol. The Morgan fingerprint density at radius 1 is 1.67 bits per heavy atom. The van der Waals surface area contributed by atoms with Crippen molar-refractivity contribution >= 4 is 5.97 Å². The van der Waals surface area contributed by atoms with Gasteiger partial charge in [0.05, 0.1) is 5.92 Å². The molecule has 0 radical (unpaired) electrons. The standard InChI is InChI=1S/C10H15N3O2/c1-4-13-8(11-5-12-13)6-7(9(14)15)10(6,2)3/h5-7H,4H2,1-3H3,(H,14,15)/t6-,7-/m0/s1. The van der Waals surface area contributed by atoms with Crippen LogP contribution in [0.5, 0.6) is 0 Å². The van der Waals surface area contributed by atoms with E-state index >= 15 is 0 Å². The van der Waals surface area contributed by atoms with Gasteiger partial charge in [-0.2, -0.15) is 5.10 Å². The van der Waals surface area contributed by atoms with Crippen molar-refractivity contribution in [1.29, 1.82) is 0 Å². The summed E-state index contributed by atoms with van der Waals surface area (Å²) in [5, 5.41) is 13.1. The molecule has 1 fully saturated rings. The van der Waals surface area contributed by atoms with Crippen LogP contribution in [0, 0.1) is 11.3 Å². The topological polar surface area (TPSA) is 68.0 Å². The fourth-order valence-corrected chi connectivity index (χ4v) is 2.34. The lowest BCUT2D eigenvalue weighted by Crippen LogP contribution is -2.05. The molecule has 2 rings (SSSR count). The lowest BCUT2D eigenvalue weighted by atomic mass is 10.1. The molecule has 0 aromatic carbocycles. The largest absolute Gasteiger partial charge is 0.481 e. The number of carboxylic acids is 1. The van der Waals surface area contributed by atoms with Crippen molar-refractivity contribution in [1.82, 2.24) is 14.8 Å². The smallest absolute Gasteiger partial charge is 0.307 e.